The lowest BCUT2D eigenvalue weighted by Gasteiger charge is -2.18. The number of ether oxygens (including phenoxy) is 1. The smallest absolute Gasteiger partial charge is 0.230 e. The Morgan fingerprint density at radius 2 is 1.87 bits per heavy atom. The molecular weight excluding hydrogens is 290 g/mol. The average Bonchev–Trinajstić information content (AvgIpc) is 3.11. The summed E-state index contributed by atoms with van der Waals surface area (Å²) in [5.41, 5.74) is 0.978. The molecule has 4 rings (SSSR count). The quantitative estimate of drug-likeness (QED) is 0.804. The van der Waals surface area contributed by atoms with E-state index in [0.717, 1.165) is 53.9 Å². The molecule has 3 aromatic rings. The van der Waals surface area contributed by atoms with E-state index >= 15 is 0 Å². The Morgan fingerprint density at radius 1 is 1.09 bits per heavy atom. The minimum absolute atomic E-state index is 0.377. The number of aromatic nitrogens is 2. The van der Waals surface area contributed by atoms with Gasteiger partial charge < -0.3 is 14.6 Å². The lowest BCUT2D eigenvalue weighted by molar-refractivity contribution is 0.320. The molecule has 118 valence electrons. The standard InChI is InChI=1S/C18H19N3O2/c1-22-16-5-4-13-10-15(3-2-14(13)11-16)17-20-18(23-21-17)12-6-8-19-9-7-12/h2-5,10-12,19H,6-9H2,1H3. The highest BCUT2D eigenvalue weighted by atomic mass is 16.5. The minimum Gasteiger partial charge on any atom is -0.497 e. The van der Waals surface area contributed by atoms with Crippen molar-refractivity contribution in [1.82, 2.24) is 15.5 Å². The van der Waals surface area contributed by atoms with Crippen LogP contribution in [-0.4, -0.2) is 30.3 Å². The Hall–Kier alpha value is -2.40. The molecule has 23 heavy (non-hydrogen) atoms. The van der Waals surface area contributed by atoms with Crippen LogP contribution in [0, 0.1) is 0 Å². The van der Waals surface area contributed by atoms with Gasteiger partial charge in [-0.25, -0.2) is 0 Å². The summed E-state index contributed by atoms with van der Waals surface area (Å²) in [5.74, 6) is 2.66. The summed E-state index contributed by atoms with van der Waals surface area (Å²) in [7, 11) is 1.68. The average molecular weight is 309 g/mol. The molecule has 0 bridgehead atoms. The third-order valence-electron chi connectivity index (χ3n) is 4.44. The van der Waals surface area contributed by atoms with Gasteiger partial charge in [-0.2, -0.15) is 4.98 Å². The molecule has 1 aliphatic rings. The maximum atomic E-state index is 5.50. The maximum absolute atomic E-state index is 5.50. The Labute approximate surface area is 134 Å². The molecular formula is C18H19N3O2. The fourth-order valence-electron chi connectivity index (χ4n) is 3.08. The summed E-state index contributed by atoms with van der Waals surface area (Å²) in [4.78, 5) is 4.61. The van der Waals surface area contributed by atoms with Crippen molar-refractivity contribution in [3.63, 3.8) is 0 Å². The van der Waals surface area contributed by atoms with Crippen molar-refractivity contribution < 1.29 is 9.26 Å². The van der Waals surface area contributed by atoms with E-state index in [1.165, 1.54) is 0 Å². The van der Waals surface area contributed by atoms with Gasteiger partial charge in [-0.05, 0) is 54.9 Å². The summed E-state index contributed by atoms with van der Waals surface area (Å²) in [6, 6.07) is 12.2. The van der Waals surface area contributed by atoms with Gasteiger partial charge in [-0.3, -0.25) is 0 Å². The van der Waals surface area contributed by atoms with Gasteiger partial charge in [0.25, 0.3) is 0 Å². The second-order valence-electron chi connectivity index (χ2n) is 5.91. The van der Waals surface area contributed by atoms with E-state index in [1.807, 2.05) is 24.3 Å². The van der Waals surface area contributed by atoms with Gasteiger partial charge in [-0.1, -0.05) is 23.4 Å². The Bertz CT molecular complexity index is 822. The summed E-state index contributed by atoms with van der Waals surface area (Å²) >= 11 is 0. The predicted molar refractivity (Wildman–Crippen MR) is 88.6 cm³/mol. The molecule has 2 heterocycles. The van der Waals surface area contributed by atoms with E-state index < -0.39 is 0 Å². The largest absolute Gasteiger partial charge is 0.497 e. The van der Waals surface area contributed by atoms with Crippen LogP contribution in [-0.2, 0) is 0 Å². The molecule has 0 amide bonds. The van der Waals surface area contributed by atoms with Gasteiger partial charge in [0, 0.05) is 11.5 Å². The van der Waals surface area contributed by atoms with Crippen LogP contribution in [0.4, 0.5) is 0 Å². The number of piperidine rings is 1. The van der Waals surface area contributed by atoms with Crippen LogP contribution in [0.5, 0.6) is 5.75 Å². The van der Waals surface area contributed by atoms with Crippen molar-refractivity contribution in [3.8, 4) is 17.1 Å². The van der Waals surface area contributed by atoms with Crippen molar-refractivity contribution in [2.45, 2.75) is 18.8 Å². The highest BCUT2D eigenvalue weighted by molar-refractivity contribution is 5.87. The third-order valence-corrected chi connectivity index (χ3v) is 4.44. The minimum atomic E-state index is 0.377. The molecule has 5 nitrogen and oxygen atoms in total. The zero-order valence-corrected chi connectivity index (χ0v) is 13.1. The number of hydrogen-bond acceptors (Lipinski definition) is 5. The third kappa shape index (κ3) is 2.80. The number of methoxy groups -OCH3 is 1. The molecule has 0 aliphatic carbocycles. The zero-order valence-electron chi connectivity index (χ0n) is 13.1. The number of hydrogen-bond donors (Lipinski definition) is 1. The van der Waals surface area contributed by atoms with Gasteiger partial charge >= 0.3 is 0 Å². The molecule has 0 saturated carbocycles. The second kappa shape index (κ2) is 6.01. The SMILES string of the molecule is COc1ccc2cc(-c3noc(C4CCNCC4)n3)ccc2c1. The number of nitrogens with zero attached hydrogens (tertiary/aromatic N) is 2. The molecule has 0 atom stereocenters. The van der Waals surface area contributed by atoms with Gasteiger partial charge in [-0.15, -0.1) is 0 Å². The highest BCUT2D eigenvalue weighted by Crippen LogP contribution is 2.28. The van der Waals surface area contributed by atoms with Gasteiger partial charge in [0.05, 0.1) is 7.11 Å². The summed E-state index contributed by atoms with van der Waals surface area (Å²) in [6.07, 6.45) is 2.11. The Kier molecular flexibility index (Phi) is 3.71. The predicted octanol–water partition coefficient (Wildman–Crippen LogP) is 3.37. The first-order valence-electron chi connectivity index (χ1n) is 7.96. The molecule has 2 aromatic carbocycles. The zero-order chi connectivity index (χ0) is 15.6. The first kappa shape index (κ1) is 14.2. The maximum Gasteiger partial charge on any atom is 0.230 e. The Morgan fingerprint density at radius 3 is 2.70 bits per heavy atom. The molecule has 1 aromatic heterocycles. The first-order chi connectivity index (χ1) is 11.3. The summed E-state index contributed by atoms with van der Waals surface area (Å²) < 4.78 is 10.8. The van der Waals surface area contributed by atoms with E-state index in [-0.39, 0.29) is 0 Å². The monoisotopic (exact) mass is 309 g/mol. The van der Waals surface area contributed by atoms with Crippen LogP contribution in [0.2, 0.25) is 0 Å². The Balaban J connectivity index is 1.64. The van der Waals surface area contributed by atoms with Crippen molar-refractivity contribution >= 4 is 10.8 Å². The lowest BCUT2D eigenvalue weighted by atomic mass is 9.98. The summed E-state index contributed by atoms with van der Waals surface area (Å²) in [5, 5.41) is 9.79. The van der Waals surface area contributed by atoms with E-state index in [1.54, 1.807) is 7.11 Å². The fraction of sp³-hybridized carbons (Fsp3) is 0.333. The van der Waals surface area contributed by atoms with Crippen molar-refractivity contribution in [2.75, 3.05) is 20.2 Å². The molecule has 1 fully saturated rings. The van der Waals surface area contributed by atoms with Crippen LogP contribution in [0.3, 0.4) is 0 Å². The van der Waals surface area contributed by atoms with E-state index in [2.05, 4.69) is 27.6 Å². The van der Waals surface area contributed by atoms with Crippen molar-refractivity contribution in [2.24, 2.45) is 0 Å². The topological polar surface area (TPSA) is 60.2 Å². The number of benzene rings is 2. The number of nitrogens with one attached hydrogen (secondary N) is 1. The number of rotatable bonds is 3. The van der Waals surface area contributed by atoms with Crippen LogP contribution in [0.1, 0.15) is 24.7 Å². The molecule has 0 radical (unpaired) electrons. The fourth-order valence-corrected chi connectivity index (χ4v) is 3.08. The molecule has 0 unspecified atom stereocenters. The first-order valence-corrected chi connectivity index (χ1v) is 7.96. The lowest BCUT2D eigenvalue weighted by Crippen LogP contribution is -2.26. The molecule has 5 heteroatoms. The van der Waals surface area contributed by atoms with Crippen LogP contribution < -0.4 is 10.1 Å². The number of fused-ring (bicyclic) bond motifs is 1. The van der Waals surface area contributed by atoms with Gasteiger partial charge in [0.15, 0.2) is 0 Å². The van der Waals surface area contributed by atoms with E-state index in [9.17, 15) is 0 Å². The second-order valence-corrected chi connectivity index (χ2v) is 5.91. The van der Waals surface area contributed by atoms with Gasteiger partial charge in [0.2, 0.25) is 11.7 Å². The van der Waals surface area contributed by atoms with E-state index in [4.69, 9.17) is 9.26 Å². The van der Waals surface area contributed by atoms with Crippen molar-refractivity contribution in [1.29, 1.82) is 0 Å². The summed E-state index contributed by atoms with van der Waals surface area (Å²) in [6.45, 7) is 2.03. The normalized spacial score (nSPS) is 15.9. The molecule has 0 spiro atoms. The van der Waals surface area contributed by atoms with Gasteiger partial charge in [0.1, 0.15) is 5.75 Å². The van der Waals surface area contributed by atoms with Crippen molar-refractivity contribution in [3.05, 3.63) is 42.3 Å². The molecule has 1 N–H and O–H groups in total. The molecule has 1 aliphatic heterocycles. The van der Waals surface area contributed by atoms with Crippen LogP contribution >= 0.6 is 0 Å². The van der Waals surface area contributed by atoms with Crippen LogP contribution in [0.15, 0.2) is 40.9 Å². The van der Waals surface area contributed by atoms with E-state index in [0.29, 0.717) is 11.7 Å². The van der Waals surface area contributed by atoms with Crippen LogP contribution in [0.25, 0.3) is 22.2 Å². The molecule has 1 saturated heterocycles. The highest BCUT2D eigenvalue weighted by Gasteiger charge is 2.21.